The van der Waals surface area contributed by atoms with Crippen LogP contribution in [0.1, 0.15) is 12.7 Å². The van der Waals surface area contributed by atoms with Gasteiger partial charge in [0.05, 0.1) is 6.61 Å². The van der Waals surface area contributed by atoms with Gasteiger partial charge in [0, 0.05) is 25.4 Å². The molecule has 1 aromatic heterocycles. The lowest BCUT2D eigenvalue weighted by Crippen LogP contribution is -2.08. The van der Waals surface area contributed by atoms with Gasteiger partial charge >= 0.3 is 0 Å². The van der Waals surface area contributed by atoms with Crippen LogP contribution in [-0.2, 0) is 17.8 Å². The van der Waals surface area contributed by atoms with E-state index in [2.05, 4.69) is 21.3 Å². The number of rotatable bonds is 4. The Bertz CT molecular complexity index is 209. The second-order valence-electron chi connectivity index (χ2n) is 2.25. The molecule has 2 N–H and O–H groups in total. The van der Waals surface area contributed by atoms with E-state index in [1.807, 2.05) is 6.20 Å². The van der Waals surface area contributed by atoms with Gasteiger partial charge in [-0.1, -0.05) is 0 Å². The zero-order valence-corrected chi connectivity index (χ0v) is 6.66. The van der Waals surface area contributed by atoms with Crippen molar-refractivity contribution in [2.24, 2.45) is 5.90 Å². The largest absolute Gasteiger partial charge is 0.335 e. The third-order valence-corrected chi connectivity index (χ3v) is 1.59. The Hall–Kier alpha value is -0.870. The molecule has 62 valence electrons. The predicted octanol–water partition coefficient (Wildman–Crippen LogP) is 0.336. The fraction of sp³-hybridized carbons (Fsp3) is 0.571. The zero-order valence-electron chi connectivity index (χ0n) is 6.66. The van der Waals surface area contributed by atoms with Crippen LogP contribution in [0.15, 0.2) is 12.4 Å². The summed E-state index contributed by atoms with van der Waals surface area (Å²) in [7, 11) is 0. The molecule has 1 aromatic rings. The molecule has 0 fully saturated rings. The van der Waals surface area contributed by atoms with E-state index in [1.165, 1.54) is 0 Å². The molecule has 4 heteroatoms. The van der Waals surface area contributed by atoms with Crippen LogP contribution in [0.3, 0.4) is 0 Å². The second kappa shape index (κ2) is 4.10. The Morgan fingerprint density at radius 1 is 1.73 bits per heavy atom. The SMILES string of the molecule is CCn1ccnc1CCON. The van der Waals surface area contributed by atoms with Gasteiger partial charge in [-0.15, -0.1) is 0 Å². The van der Waals surface area contributed by atoms with Crippen LogP contribution in [0.5, 0.6) is 0 Å². The minimum Gasteiger partial charge on any atom is -0.335 e. The average molecular weight is 155 g/mol. The van der Waals surface area contributed by atoms with Gasteiger partial charge in [0.15, 0.2) is 0 Å². The molecule has 0 aliphatic rings. The number of hydrogen-bond donors (Lipinski definition) is 1. The summed E-state index contributed by atoms with van der Waals surface area (Å²) in [6.07, 6.45) is 4.51. The molecule has 0 atom stereocenters. The molecule has 0 bridgehead atoms. The minimum absolute atomic E-state index is 0.525. The van der Waals surface area contributed by atoms with E-state index in [-0.39, 0.29) is 0 Å². The maximum absolute atomic E-state index is 4.90. The summed E-state index contributed by atoms with van der Waals surface area (Å²) in [5.41, 5.74) is 0. The maximum atomic E-state index is 4.90. The van der Waals surface area contributed by atoms with Crippen molar-refractivity contribution in [2.75, 3.05) is 6.61 Å². The molecule has 1 heterocycles. The monoisotopic (exact) mass is 155 g/mol. The molecule has 0 amide bonds. The summed E-state index contributed by atoms with van der Waals surface area (Å²) >= 11 is 0. The fourth-order valence-electron chi connectivity index (χ4n) is 1.01. The number of hydrogen-bond acceptors (Lipinski definition) is 3. The number of nitrogens with zero attached hydrogens (tertiary/aromatic N) is 2. The average Bonchev–Trinajstić information content (AvgIpc) is 2.47. The van der Waals surface area contributed by atoms with Gasteiger partial charge in [-0.05, 0) is 6.92 Å². The van der Waals surface area contributed by atoms with E-state index in [0.29, 0.717) is 6.61 Å². The molecule has 0 aliphatic carbocycles. The third kappa shape index (κ3) is 2.03. The van der Waals surface area contributed by atoms with Gasteiger partial charge in [-0.3, -0.25) is 0 Å². The normalized spacial score (nSPS) is 10.4. The van der Waals surface area contributed by atoms with E-state index >= 15 is 0 Å². The van der Waals surface area contributed by atoms with Crippen LogP contribution in [0.2, 0.25) is 0 Å². The van der Waals surface area contributed by atoms with Crippen molar-refractivity contribution in [3.05, 3.63) is 18.2 Å². The predicted molar refractivity (Wildman–Crippen MR) is 41.7 cm³/mol. The Morgan fingerprint density at radius 3 is 3.18 bits per heavy atom. The molecule has 0 aliphatic heterocycles. The van der Waals surface area contributed by atoms with Crippen molar-refractivity contribution < 1.29 is 4.84 Å². The van der Waals surface area contributed by atoms with Crippen molar-refractivity contribution in [2.45, 2.75) is 19.9 Å². The lowest BCUT2D eigenvalue weighted by molar-refractivity contribution is 0.139. The van der Waals surface area contributed by atoms with Gasteiger partial charge < -0.3 is 9.40 Å². The summed E-state index contributed by atoms with van der Waals surface area (Å²) in [4.78, 5) is 8.61. The van der Waals surface area contributed by atoms with Crippen LogP contribution >= 0.6 is 0 Å². The summed E-state index contributed by atoms with van der Waals surface area (Å²) in [5.74, 6) is 5.93. The number of imidazole rings is 1. The van der Waals surface area contributed by atoms with Crippen molar-refractivity contribution in [1.29, 1.82) is 0 Å². The van der Waals surface area contributed by atoms with Gasteiger partial charge in [0.2, 0.25) is 0 Å². The highest BCUT2D eigenvalue weighted by molar-refractivity contribution is 4.91. The van der Waals surface area contributed by atoms with Crippen molar-refractivity contribution in [1.82, 2.24) is 9.55 Å². The Morgan fingerprint density at radius 2 is 2.55 bits per heavy atom. The van der Waals surface area contributed by atoms with Crippen molar-refractivity contribution in [3.63, 3.8) is 0 Å². The first-order valence-electron chi connectivity index (χ1n) is 3.70. The lowest BCUT2D eigenvalue weighted by atomic mass is 10.4. The molecule has 11 heavy (non-hydrogen) atoms. The smallest absolute Gasteiger partial charge is 0.111 e. The first kappa shape index (κ1) is 8.23. The van der Waals surface area contributed by atoms with Crippen LogP contribution in [-0.4, -0.2) is 16.2 Å². The molecule has 4 nitrogen and oxygen atoms in total. The molecule has 0 saturated heterocycles. The summed E-state index contributed by atoms with van der Waals surface area (Å²) in [5, 5.41) is 0. The van der Waals surface area contributed by atoms with Gasteiger partial charge in [0.25, 0.3) is 0 Å². The molecular formula is C7H13N3O. The molecule has 0 aromatic carbocycles. The molecule has 0 saturated carbocycles. The summed E-state index contributed by atoms with van der Waals surface area (Å²) in [6, 6.07) is 0. The number of nitrogens with two attached hydrogens (primary N) is 1. The summed E-state index contributed by atoms with van der Waals surface area (Å²) < 4.78 is 2.07. The van der Waals surface area contributed by atoms with Crippen molar-refractivity contribution in [3.8, 4) is 0 Å². The van der Waals surface area contributed by atoms with E-state index in [1.54, 1.807) is 6.20 Å². The van der Waals surface area contributed by atoms with Gasteiger partial charge in [-0.2, -0.15) is 0 Å². The molecule has 0 spiro atoms. The number of aromatic nitrogens is 2. The van der Waals surface area contributed by atoms with Crippen LogP contribution < -0.4 is 5.90 Å². The fourth-order valence-corrected chi connectivity index (χ4v) is 1.01. The van der Waals surface area contributed by atoms with E-state index < -0.39 is 0 Å². The highest BCUT2D eigenvalue weighted by atomic mass is 16.6. The Balaban J connectivity index is 2.54. The highest BCUT2D eigenvalue weighted by Gasteiger charge is 1.98. The lowest BCUT2D eigenvalue weighted by Gasteiger charge is -2.02. The zero-order chi connectivity index (χ0) is 8.10. The quantitative estimate of drug-likeness (QED) is 0.638. The molecule has 0 unspecified atom stereocenters. The van der Waals surface area contributed by atoms with Crippen LogP contribution in [0.25, 0.3) is 0 Å². The molecular weight excluding hydrogens is 142 g/mol. The van der Waals surface area contributed by atoms with Crippen LogP contribution in [0, 0.1) is 0 Å². The first-order valence-corrected chi connectivity index (χ1v) is 3.70. The maximum Gasteiger partial charge on any atom is 0.111 e. The standard InChI is InChI=1S/C7H13N3O/c1-2-10-5-4-9-7(10)3-6-11-8/h4-5H,2-3,6,8H2,1H3. The van der Waals surface area contributed by atoms with E-state index in [4.69, 9.17) is 5.90 Å². The second-order valence-corrected chi connectivity index (χ2v) is 2.25. The first-order chi connectivity index (χ1) is 5.38. The number of aryl methyl sites for hydroxylation is 1. The third-order valence-electron chi connectivity index (χ3n) is 1.59. The van der Waals surface area contributed by atoms with Gasteiger partial charge in [0.1, 0.15) is 5.82 Å². The topological polar surface area (TPSA) is 53.1 Å². The highest BCUT2D eigenvalue weighted by Crippen LogP contribution is 1.97. The summed E-state index contributed by atoms with van der Waals surface area (Å²) in [6.45, 7) is 3.55. The van der Waals surface area contributed by atoms with Crippen molar-refractivity contribution >= 4 is 0 Å². The van der Waals surface area contributed by atoms with E-state index in [9.17, 15) is 0 Å². The molecule has 0 radical (unpaired) electrons. The molecule has 1 rings (SSSR count). The van der Waals surface area contributed by atoms with Crippen LogP contribution in [0.4, 0.5) is 0 Å². The Labute approximate surface area is 65.9 Å². The minimum atomic E-state index is 0.525. The Kier molecular flexibility index (Phi) is 3.07. The van der Waals surface area contributed by atoms with Gasteiger partial charge in [-0.25, -0.2) is 10.9 Å². The van der Waals surface area contributed by atoms with E-state index in [0.717, 1.165) is 18.8 Å².